The highest BCUT2D eigenvalue weighted by Crippen LogP contribution is 2.27. The van der Waals surface area contributed by atoms with Gasteiger partial charge in [0.15, 0.2) is 0 Å². The standard InChI is InChI=1S/C16H20N2O2/c1-11(2)14-7-16(19)18(10-14)9-12-4-5-15(20-3)13(6-12)8-17/h4-6,11,14H,7,9-10H2,1-3H3. The van der Waals surface area contributed by atoms with E-state index in [9.17, 15) is 4.79 Å². The van der Waals surface area contributed by atoms with Crippen LogP contribution in [0.4, 0.5) is 0 Å². The Morgan fingerprint density at radius 2 is 2.25 bits per heavy atom. The van der Waals surface area contributed by atoms with Crippen LogP contribution < -0.4 is 4.74 Å². The van der Waals surface area contributed by atoms with Crippen LogP contribution in [0.2, 0.25) is 0 Å². The van der Waals surface area contributed by atoms with E-state index in [4.69, 9.17) is 10.00 Å². The van der Waals surface area contributed by atoms with Gasteiger partial charge in [-0.15, -0.1) is 0 Å². The molecular weight excluding hydrogens is 252 g/mol. The number of ether oxygens (including phenoxy) is 1. The van der Waals surface area contributed by atoms with Crippen LogP contribution >= 0.6 is 0 Å². The van der Waals surface area contributed by atoms with Crippen LogP contribution in [0.1, 0.15) is 31.4 Å². The number of carbonyl (C=O) groups is 1. The quantitative estimate of drug-likeness (QED) is 0.846. The normalized spacial score (nSPS) is 18.4. The Morgan fingerprint density at radius 3 is 2.80 bits per heavy atom. The monoisotopic (exact) mass is 272 g/mol. The summed E-state index contributed by atoms with van der Waals surface area (Å²) < 4.78 is 5.13. The second-order valence-corrected chi connectivity index (χ2v) is 5.63. The van der Waals surface area contributed by atoms with E-state index in [-0.39, 0.29) is 5.91 Å². The number of amides is 1. The number of rotatable bonds is 4. The number of hydrogen-bond acceptors (Lipinski definition) is 3. The fraction of sp³-hybridized carbons (Fsp3) is 0.500. The number of nitrogens with zero attached hydrogens (tertiary/aromatic N) is 2. The molecule has 0 aliphatic carbocycles. The zero-order chi connectivity index (χ0) is 14.7. The van der Waals surface area contributed by atoms with Crippen LogP contribution in [0, 0.1) is 23.2 Å². The van der Waals surface area contributed by atoms with Gasteiger partial charge in [0, 0.05) is 19.5 Å². The minimum atomic E-state index is 0.207. The Hall–Kier alpha value is -2.02. The van der Waals surface area contributed by atoms with E-state index in [0.29, 0.717) is 36.1 Å². The predicted molar refractivity (Wildman–Crippen MR) is 76.1 cm³/mol. The first-order valence-corrected chi connectivity index (χ1v) is 6.90. The van der Waals surface area contributed by atoms with Gasteiger partial charge in [0.1, 0.15) is 11.8 Å². The van der Waals surface area contributed by atoms with Gasteiger partial charge in [0.2, 0.25) is 5.91 Å². The molecule has 1 aliphatic heterocycles. The van der Waals surface area contributed by atoms with Crippen molar-refractivity contribution < 1.29 is 9.53 Å². The van der Waals surface area contributed by atoms with Crippen molar-refractivity contribution in [3.05, 3.63) is 29.3 Å². The second kappa shape index (κ2) is 5.96. The third-order valence-electron chi connectivity index (χ3n) is 3.94. The van der Waals surface area contributed by atoms with E-state index < -0.39 is 0 Å². The van der Waals surface area contributed by atoms with Gasteiger partial charge >= 0.3 is 0 Å². The molecule has 1 atom stereocenters. The van der Waals surface area contributed by atoms with E-state index >= 15 is 0 Å². The Morgan fingerprint density at radius 1 is 1.50 bits per heavy atom. The molecule has 4 nitrogen and oxygen atoms in total. The number of nitriles is 1. The van der Waals surface area contributed by atoms with E-state index in [1.54, 1.807) is 19.2 Å². The van der Waals surface area contributed by atoms with Gasteiger partial charge in [0.05, 0.1) is 12.7 Å². The van der Waals surface area contributed by atoms with Crippen LogP contribution in [0.25, 0.3) is 0 Å². The molecule has 1 heterocycles. The number of likely N-dealkylation sites (tertiary alicyclic amines) is 1. The van der Waals surface area contributed by atoms with Crippen LogP contribution in [0.5, 0.6) is 5.75 Å². The zero-order valence-corrected chi connectivity index (χ0v) is 12.2. The van der Waals surface area contributed by atoms with Gasteiger partial charge in [-0.1, -0.05) is 19.9 Å². The van der Waals surface area contributed by atoms with Crippen molar-refractivity contribution in [1.82, 2.24) is 4.90 Å². The SMILES string of the molecule is COc1ccc(CN2CC(C(C)C)CC2=O)cc1C#N. The average Bonchev–Trinajstić information content (AvgIpc) is 2.80. The van der Waals surface area contributed by atoms with Crippen molar-refractivity contribution in [3.63, 3.8) is 0 Å². The molecule has 1 unspecified atom stereocenters. The fourth-order valence-corrected chi connectivity index (χ4v) is 2.56. The average molecular weight is 272 g/mol. The molecule has 0 N–H and O–H groups in total. The minimum absolute atomic E-state index is 0.207. The van der Waals surface area contributed by atoms with Crippen LogP contribution in [0.3, 0.4) is 0 Å². The highest BCUT2D eigenvalue weighted by Gasteiger charge is 2.31. The Kier molecular flexibility index (Phi) is 4.29. The lowest BCUT2D eigenvalue weighted by molar-refractivity contribution is -0.128. The number of carbonyl (C=O) groups excluding carboxylic acids is 1. The summed E-state index contributed by atoms with van der Waals surface area (Å²) in [6, 6.07) is 7.62. The summed E-state index contributed by atoms with van der Waals surface area (Å²) >= 11 is 0. The molecule has 0 spiro atoms. The van der Waals surface area contributed by atoms with Crippen molar-refractivity contribution in [2.45, 2.75) is 26.8 Å². The Balaban J connectivity index is 2.11. The van der Waals surface area contributed by atoms with Crippen LogP contribution in [0.15, 0.2) is 18.2 Å². The number of methoxy groups -OCH3 is 1. The first-order chi connectivity index (χ1) is 9.55. The first kappa shape index (κ1) is 14.4. The van der Waals surface area contributed by atoms with Gasteiger partial charge in [0.25, 0.3) is 0 Å². The molecule has 1 saturated heterocycles. The van der Waals surface area contributed by atoms with E-state index in [0.717, 1.165) is 12.1 Å². The molecule has 20 heavy (non-hydrogen) atoms. The van der Waals surface area contributed by atoms with Gasteiger partial charge in [-0.25, -0.2) is 0 Å². The van der Waals surface area contributed by atoms with E-state index in [1.807, 2.05) is 11.0 Å². The molecule has 1 aromatic rings. The molecule has 106 valence electrons. The molecule has 0 saturated carbocycles. The maximum atomic E-state index is 12.0. The highest BCUT2D eigenvalue weighted by atomic mass is 16.5. The van der Waals surface area contributed by atoms with Crippen LogP contribution in [-0.2, 0) is 11.3 Å². The molecule has 1 fully saturated rings. The Labute approximate surface area is 120 Å². The van der Waals surface area contributed by atoms with Crippen molar-refractivity contribution in [3.8, 4) is 11.8 Å². The molecular formula is C16H20N2O2. The number of hydrogen-bond donors (Lipinski definition) is 0. The van der Waals surface area contributed by atoms with Gasteiger partial charge in [-0.2, -0.15) is 5.26 Å². The first-order valence-electron chi connectivity index (χ1n) is 6.90. The predicted octanol–water partition coefficient (Wildman–Crippen LogP) is 2.57. The third kappa shape index (κ3) is 2.93. The summed E-state index contributed by atoms with van der Waals surface area (Å²) in [5, 5.41) is 9.09. The molecule has 0 bridgehead atoms. The van der Waals surface area contributed by atoms with Gasteiger partial charge < -0.3 is 9.64 Å². The zero-order valence-electron chi connectivity index (χ0n) is 12.2. The molecule has 2 rings (SSSR count). The van der Waals surface area contributed by atoms with Gasteiger partial charge in [-0.3, -0.25) is 4.79 Å². The lowest BCUT2D eigenvalue weighted by atomic mass is 9.95. The largest absolute Gasteiger partial charge is 0.495 e. The lowest BCUT2D eigenvalue weighted by Gasteiger charge is -2.18. The molecule has 1 aliphatic rings. The van der Waals surface area contributed by atoms with Crippen molar-refractivity contribution in [2.24, 2.45) is 11.8 Å². The van der Waals surface area contributed by atoms with E-state index in [1.165, 1.54) is 0 Å². The molecule has 1 amide bonds. The van der Waals surface area contributed by atoms with E-state index in [2.05, 4.69) is 19.9 Å². The summed E-state index contributed by atoms with van der Waals surface area (Å²) in [5.74, 6) is 1.74. The van der Waals surface area contributed by atoms with Crippen molar-refractivity contribution in [2.75, 3.05) is 13.7 Å². The molecule has 0 radical (unpaired) electrons. The van der Waals surface area contributed by atoms with Crippen molar-refractivity contribution in [1.29, 1.82) is 5.26 Å². The fourth-order valence-electron chi connectivity index (χ4n) is 2.56. The maximum absolute atomic E-state index is 12.0. The topological polar surface area (TPSA) is 53.3 Å². The lowest BCUT2D eigenvalue weighted by Crippen LogP contribution is -2.25. The molecule has 1 aromatic carbocycles. The molecule has 0 aromatic heterocycles. The summed E-state index contributed by atoms with van der Waals surface area (Å²) in [7, 11) is 1.55. The summed E-state index contributed by atoms with van der Waals surface area (Å²) in [6.45, 7) is 5.69. The highest BCUT2D eigenvalue weighted by molar-refractivity contribution is 5.78. The van der Waals surface area contributed by atoms with Crippen LogP contribution in [-0.4, -0.2) is 24.5 Å². The van der Waals surface area contributed by atoms with Gasteiger partial charge in [-0.05, 0) is 29.5 Å². The maximum Gasteiger partial charge on any atom is 0.223 e. The summed E-state index contributed by atoms with van der Waals surface area (Å²) in [4.78, 5) is 13.9. The number of benzene rings is 1. The molecule has 4 heteroatoms. The summed E-state index contributed by atoms with van der Waals surface area (Å²) in [6.07, 6.45) is 0.638. The minimum Gasteiger partial charge on any atom is -0.495 e. The second-order valence-electron chi connectivity index (χ2n) is 5.63. The van der Waals surface area contributed by atoms with Crippen molar-refractivity contribution >= 4 is 5.91 Å². The third-order valence-corrected chi connectivity index (χ3v) is 3.94. The smallest absolute Gasteiger partial charge is 0.223 e. The summed E-state index contributed by atoms with van der Waals surface area (Å²) in [5.41, 5.74) is 1.48. The Bertz CT molecular complexity index is 546.